The van der Waals surface area contributed by atoms with E-state index in [1.54, 1.807) is 6.08 Å². The maximum absolute atomic E-state index is 12.9. The van der Waals surface area contributed by atoms with Crippen LogP contribution >= 0.6 is 0 Å². The molecular weight excluding hydrogens is 1140 g/mol. The molecule has 87 heavy (non-hydrogen) atoms. The van der Waals surface area contributed by atoms with E-state index in [0.29, 0.717) is 38.5 Å². The molecule has 4 saturated carbocycles. The first-order valence-corrected chi connectivity index (χ1v) is 32.0. The molecule has 0 aromatic rings. The van der Waals surface area contributed by atoms with Crippen LogP contribution in [0.5, 0.6) is 0 Å². The van der Waals surface area contributed by atoms with Gasteiger partial charge in [0.05, 0.1) is 44.2 Å². The summed E-state index contributed by atoms with van der Waals surface area (Å²) in [5, 5.41) is 154. The van der Waals surface area contributed by atoms with Crippen LogP contribution in [0.2, 0.25) is 0 Å². The van der Waals surface area contributed by atoms with Gasteiger partial charge in [0.2, 0.25) is 0 Å². The third-order valence-electron chi connectivity index (χ3n) is 22.7. The number of unbranched alkanes of at least 4 members (excludes halogenated alkanes) is 3. The first-order chi connectivity index (χ1) is 40.9. The molecule has 0 amide bonds. The Kier molecular flexibility index (Phi) is 23.4. The Morgan fingerprint density at radius 1 is 0.586 bits per heavy atom. The number of fused-ring (bicyclic) bond motifs is 5. The van der Waals surface area contributed by atoms with Crippen molar-refractivity contribution in [3.63, 3.8) is 0 Å². The van der Waals surface area contributed by atoms with Gasteiger partial charge in [-0.2, -0.15) is 0 Å². The zero-order chi connectivity index (χ0) is 63.9. The van der Waals surface area contributed by atoms with Crippen molar-refractivity contribution in [2.45, 2.75) is 286 Å². The summed E-state index contributed by atoms with van der Waals surface area (Å²) in [6.45, 7) is 16.9. The standard InChI is InChI=1S/C63H106O24/c1-10-11-12-13-14-17-42(67)79-28-37-47(71)51(75)54(78)57(85-37)87-55-52(76)45(69)35(27-65)84-58(55)86-41-20-22-60(6)39(59(41,4)5)19-24-61(7)40(60)25-33(66)43-32(18-23-62(43,61)8)63(9,21-15-16-31(2)3)81-30-38-48(72)49(73)46(70)36(82-38)29-80-56-53(77)50(74)44(68)34(26-64)83-56/h14,16-17,32-41,43-58,64-66,68-78H,10-13,15,18-30H2,1-9H3/b17-14+/t32-,33+,34+,35+,36+,37+,38-,39+,40+,41-,43-,44+,45+,46+,47+,48-,49-,50-,51-,52-,53+,54+,55+,56+,57-,58-,60-,61+,62+,63-/m0/s1. The molecule has 24 nitrogen and oxygen atoms in total. The number of hydrogen-bond donors (Lipinski definition) is 14. The number of ether oxygens (including phenoxy) is 9. The van der Waals surface area contributed by atoms with Gasteiger partial charge in [0.15, 0.2) is 18.9 Å². The average Bonchev–Trinajstić information content (AvgIpc) is 1.80. The zero-order valence-corrected chi connectivity index (χ0v) is 52.3. The monoisotopic (exact) mass is 1250 g/mol. The van der Waals surface area contributed by atoms with Gasteiger partial charge in [-0.25, -0.2) is 4.79 Å². The highest BCUT2D eigenvalue weighted by molar-refractivity contribution is 5.81. The van der Waals surface area contributed by atoms with Gasteiger partial charge >= 0.3 is 5.97 Å². The molecule has 24 heteroatoms. The molecule has 0 aromatic heterocycles. The third kappa shape index (κ3) is 14.0. The second-order valence-corrected chi connectivity index (χ2v) is 28.5. The Bertz CT molecular complexity index is 2290. The number of carbonyl (C=O) groups excluding carboxylic acids is 1. The van der Waals surface area contributed by atoms with Crippen molar-refractivity contribution in [2.75, 3.05) is 33.0 Å². The van der Waals surface area contributed by atoms with E-state index in [-0.39, 0.29) is 46.5 Å². The van der Waals surface area contributed by atoms with Crippen LogP contribution in [-0.2, 0) is 47.4 Å². The summed E-state index contributed by atoms with van der Waals surface area (Å²) in [7, 11) is 0. The summed E-state index contributed by atoms with van der Waals surface area (Å²) in [5.41, 5.74) is -1.32. The molecule has 4 aliphatic heterocycles. The average molecular weight is 1250 g/mol. The van der Waals surface area contributed by atoms with E-state index >= 15 is 0 Å². The molecular formula is C63H106O24. The Morgan fingerprint density at radius 2 is 1.15 bits per heavy atom. The number of rotatable bonds is 23. The van der Waals surface area contributed by atoms with E-state index < -0.39 is 178 Å². The predicted molar refractivity (Wildman–Crippen MR) is 308 cm³/mol. The Morgan fingerprint density at radius 3 is 1.78 bits per heavy atom. The van der Waals surface area contributed by atoms with Gasteiger partial charge < -0.3 is 114 Å². The van der Waals surface area contributed by atoms with Crippen LogP contribution in [0, 0.1) is 45.3 Å². The predicted octanol–water partition coefficient (Wildman–Crippen LogP) is 0.527. The number of esters is 1. The van der Waals surface area contributed by atoms with Gasteiger partial charge in [-0.1, -0.05) is 72.1 Å². The summed E-state index contributed by atoms with van der Waals surface area (Å²) in [5.74, 6) is -0.988. The minimum Gasteiger partial charge on any atom is -0.460 e. The van der Waals surface area contributed by atoms with E-state index in [1.807, 2.05) is 20.8 Å². The number of aliphatic hydroxyl groups is 14. The van der Waals surface area contributed by atoms with Crippen molar-refractivity contribution in [1.29, 1.82) is 0 Å². The van der Waals surface area contributed by atoms with E-state index in [4.69, 9.17) is 42.6 Å². The lowest BCUT2D eigenvalue weighted by Crippen LogP contribution is -2.68. The van der Waals surface area contributed by atoms with Crippen LogP contribution in [0.15, 0.2) is 23.8 Å². The minimum atomic E-state index is -1.86. The smallest absolute Gasteiger partial charge is 0.330 e. The molecule has 4 aliphatic carbocycles. The molecule has 14 N–H and O–H groups in total. The van der Waals surface area contributed by atoms with Crippen LogP contribution < -0.4 is 0 Å². The quantitative estimate of drug-likeness (QED) is 0.0218. The number of aliphatic hydroxyl groups excluding tert-OH is 14. The fourth-order valence-electron chi connectivity index (χ4n) is 17.3. The first-order valence-electron chi connectivity index (χ1n) is 32.0. The fourth-order valence-corrected chi connectivity index (χ4v) is 17.3. The lowest BCUT2D eigenvalue weighted by Gasteiger charge is -2.71. The zero-order valence-electron chi connectivity index (χ0n) is 52.3. The highest BCUT2D eigenvalue weighted by Crippen LogP contribution is 2.76. The van der Waals surface area contributed by atoms with Crippen molar-refractivity contribution in [3.8, 4) is 0 Å². The molecule has 30 atom stereocenters. The minimum absolute atomic E-state index is 0.0353. The fraction of sp³-hybridized carbons (Fsp3) is 0.921. The molecule has 0 radical (unpaired) electrons. The summed E-state index contributed by atoms with van der Waals surface area (Å²) in [4.78, 5) is 12.5. The van der Waals surface area contributed by atoms with E-state index in [2.05, 4.69) is 47.6 Å². The first kappa shape index (κ1) is 70.9. The van der Waals surface area contributed by atoms with Gasteiger partial charge in [-0.05, 0) is 137 Å². The highest BCUT2D eigenvalue weighted by Gasteiger charge is 2.72. The van der Waals surface area contributed by atoms with Crippen LogP contribution in [0.3, 0.4) is 0 Å². The number of hydrogen-bond acceptors (Lipinski definition) is 24. The highest BCUT2D eigenvalue weighted by atomic mass is 16.8. The van der Waals surface area contributed by atoms with Crippen molar-refractivity contribution >= 4 is 5.97 Å². The van der Waals surface area contributed by atoms with Crippen molar-refractivity contribution in [1.82, 2.24) is 0 Å². The molecule has 4 heterocycles. The van der Waals surface area contributed by atoms with Crippen LogP contribution in [-0.4, -0.2) is 251 Å². The number of carbonyl (C=O) groups is 1. The molecule has 0 aromatic carbocycles. The normalized spacial score (nSPS) is 48.0. The number of allylic oxidation sites excluding steroid dienone is 3. The van der Waals surface area contributed by atoms with Gasteiger partial charge in [-0.15, -0.1) is 0 Å². The van der Waals surface area contributed by atoms with Crippen molar-refractivity contribution < 1.29 is 119 Å². The van der Waals surface area contributed by atoms with E-state index in [9.17, 15) is 76.3 Å². The Balaban J connectivity index is 0.965. The SMILES string of the molecule is CCCCC/C=C/C(=O)OC[C@H]1O[C@@H](O[C@H]2[C@H](O[C@H]3CC[C@@]4(C)[C@H](CC[C@]5(C)[C@@H]4C[C@@H](O)[C@@H]4[C@@H]([C@](C)(CCC=C(C)C)OC[C@@H]6O[C@H](CO[C@@H]7O[C@H](CO)[C@@H](O)[C@H](O)[C@H]7O)[C@@H](O)[C@H](O)[C@H]6O)CC[C@]45C)C3(C)C)O[C@H](CO)[C@@H](O)[C@@H]2O)[C@H](O)[C@@H](O)[C@@H]1O. The van der Waals surface area contributed by atoms with Crippen LogP contribution in [0.4, 0.5) is 0 Å². The Labute approximate surface area is 511 Å². The lowest BCUT2D eigenvalue weighted by atomic mass is 9.35. The molecule has 0 bridgehead atoms. The van der Waals surface area contributed by atoms with E-state index in [1.165, 1.54) is 6.08 Å². The summed E-state index contributed by atoms with van der Waals surface area (Å²) in [6, 6.07) is 0. The largest absolute Gasteiger partial charge is 0.460 e. The molecule has 8 fully saturated rings. The summed E-state index contributed by atoms with van der Waals surface area (Å²) >= 11 is 0. The van der Waals surface area contributed by atoms with Crippen molar-refractivity contribution in [2.24, 2.45) is 45.3 Å². The molecule has 502 valence electrons. The molecule has 8 aliphatic rings. The van der Waals surface area contributed by atoms with Gasteiger partial charge in [0, 0.05) is 6.08 Å². The second kappa shape index (κ2) is 28.7. The van der Waals surface area contributed by atoms with Crippen molar-refractivity contribution in [3.05, 3.63) is 23.8 Å². The molecule has 0 spiro atoms. The molecule has 0 unspecified atom stereocenters. The lowest BCUT2D eigenvalue weighted by molar-refractivity contribution is -0.378. The maximum atomic E-state index is 12.9. The van der Waals surface area contributed by atoms with Crippen LogP contribution in [0.25, 0.3) is 0 Å². The van der Waals surface area contributed by atoms with Gasteiger partial charge in [0.1, 0.15) is 110 Å². The second-order valence-electron chi connectivity index (χ2n) is 28.5. The summed E-state index contributed by atoms with van der Waals surface area (Å²) < 4.78 is 54.9. The maximum Gasteiger partial charge on any atom is 0.330 e. The Hall–Kier alpha value is -1.93. The summed E-state index contributed by atoms with van der Waals surface area (Å²) in [6.07, 6.45) is -17.9. The third-order valence-corrected chi connectivity index (χ3v) is 22.7. The van der Waals surface area contributed by atoms with Gasteiger partial charge in [0.25, 0.3) is 0 Å². The molecule has 4 saturated heterocycles. The van der Waals surface area contributed by atoms with E-state index in [0.717, 1.165) is 50.5 Å². The van der Waals surface area contributed by atoms with Gasteiger partial charge in [-0.3, -0.25) is 0 Å². The topological polar surface area (TPSA) is 383 Å². The molecule has 8 rings (SSSR count). The van der Waals surface area contributed by atoms with Crippen LogP contribution in [0.1, 0.15) is 146 Å².